The zero-order valence-electron chi connectivity index (χ0n) is 25.6. The van der Waals surface area contributed by atoms with Crippen LogP contribution in [0, 0.1) is 11.8 Å². The molecule has 0 aliphatic heterocycles. The van der Waals surface area contributed by atoms with Gasteiger partial charge in [-0.2, -0.15) is 0 Å². The van der Waals surface area contributed by atoms with Crippen LogP contribution in [0.1, 0.15) is 43.7 Å². The molecule has 10 nitrogen and oxygen atoms in total. The fourth-order valence-electron chi connectivity index (χ4n) is 5.87. The lowest BCUT2D eigenvalue weighted by atomic mass is 9.52. The Labute approximate surface area is 265 Å². The first kappa shape index (κ1) is 31.8. The average Bonchev–Trinajstić information content (AvgIpc) is 3.08. The highest BCUT2D eigenvalue weighted by atomic mass is 16.6. The van der Waals surface area contributed by atoms with Crippen molar-refractivity contribution in [1.29, 1.82) is 0 Å². The van der Waals surface area contributed by atoms with Gasteiger partial charge >= 0.3 is 23.9 Å². The summed E-state index contributed by atoms with van der Waals surface area (Å²) in [6.45, 7) is 0. The average molecular weight is 625 g/mol. The number of ether oxygens (including phenoxy) is 6. The Kier molecular flexibility index (Phi) is 9.66. The Morgan fingerprint density at radius 3 is 1.13 bits per heavy atom. The number of benzene rings is 4. The lowest BCUT2D eigenvalue weighted by molar-refractivity contribution is -0.165. The van der Waals surface area contributed by atoms with Crippen molar-refractivity contribution in [2.24, 2.45) is 11.8 Å². The van der Waals surface area contributed by atoms with E-state index in [9.17, 15) is 19.2 Å². The van der Waals surface area contributed by atoms with Gasteiger partial charge in [0.2, 0.25) is 0 Å². The molecule has 4 aromatic carbocycles. The minimum absolute atomic E-state index is 0.160. The second kappa shape index (κ2) is 14.0. The highest BCUT2D eigenvalue weighted by Crippen LogP contribution is 2.60. The summed E-state index contributed by atoms with van der Waals surface area (Å²) in [6, 6.07) is 26.3. The predicted molar refractivity (Wildman–Crippen MR) is 165 cm³/mol. The molecule has 0 bridgehead atoms. The predicted octanol–water partition coefficient (Wildman–Crippen LogP) is 5.60. The summed E-state index contributed by atoms with van der Waals surface area (Å²) >= 11 is 0. The molecule has 0 spiro atoms. The standard InChI is InChI=1S/C36H32O10/c1-41-25-17-15-23(19-27(25)43-3)29-30(24-16-18-26(42-2)28(20-24)44-4)32(36(40)46-34(38)22-13-9-6-10-14-22)31(29)35(39)45-33(37)21-11-7-5-8-12-21/h5-20,29-32H,1-4H3/t29-,30+,31+,32-. The van der Waals surface area contributed by atoms with Crippen LogP contribution in [0.2, 0.25) is 0 Å². The minimum atomic E-state index is -1.22. The van der Waals surface area contributed by atoms with Crippen molar-refractivity contribution in [3.05, 3.63) is 119 Å². The number of hydrogen-bond acceptors (Lipinski definition) is 10. The van der Waals surface area contributed by atoms with Gasteiger partial charge in [-0.25, -0.2) is 9.59 Å². The van der Waals surface area contributed by atoms with E-state index >= 15 is 0 Å². The molecule has 236 valence electrons. The molecule has 0 heterocycles. The molecule has 0 radical (unpaired) electrons. The Morgan fingerprint density at radius 1 is 0.457 bits per heavy atom. The lowest BCUT2D eigenvalue weighted by Crippen LogP contribution is -2.52. The Bertz CT molecular complexity index is 1610. The maximum Gasteiger partial charge on any atom is 0.345 e. The largest absolute Gasteiger partial charge is 0.493 e. The fourth-order valence-corrected chi connectivity index (χ4v) is 5.87. The summed E-state index contributed by atoms with van der Waals surface area (Å²) in [6.07, 6.45) is 0. The van der Waals surface area contributed by atoms with Gasteiger partial charge in [-0.05, 0) is 59.7 Å². The maximum atomic E-state index is 13.9. The van der Waals surface area contributed by atoms with Gasteiger partial charge in [0.1, 0.15) is 0 Å². The second-order valence-corrected chi connectivity index (χ2v) is 10.5. The Balaban J connectivity index is 1.61. The summed E-state index contributed by atoms with van der Waals surface area (Å²) in [5.41, 5.74) is 1.52. The van der Waals surface area contributed by atoms with Crippen LogP contribution in [-0.4, -0.2) is 52.3 Å². The zero-order valence-corrected chi connectivity index (χ0v) is 25.6. The van der Waals surface area contributed by atoms with E-state index in [2.05, 4.69) is 0 Å². The van der Waals surface area contributed by atoms with Crippen LogP contribution in [-0.2, 0) is 19.1 Å². The molecule has 1 saturated carbocycles. The molecule has 10 heteroatoms. The molecule has 1 aliphatic carbocycles. The summed E-state index contributed by atoms with van der Waals surface area (Å²) in [5.74, 6) is -5.84. The van der Waals surface area contributed by atoms with Crippen molar-refractivity contribution in [3.8, 4) is 23.0 Å². The fraction of sp³-hybridized carbons (Fsp3) is 0.222. The molecule has 0 unspecified atom stereocenters. The van der Waals surface area contributed by atoms with Crippen molar-refractivity contribution in [3.63, 3.8) is 0 Å². The molecule has 0 aromatic heterocycles. The van der Waals surface area contributed by atoms with Gasteiger partial charge in [-0.3, -0.25) is 9.59 Å². The van der Waals surface area contributed by atoms with Crippen molar-refractivity contribution < 1.29 is 47.6 Å². The molecular formula is C36H32O10. The highest BCUT2D eigenvalue weighted by Gasteiger charge is 2.60. The van der Waals surface area contributed by atoms with E-state index in [1.165, 1.54) is 52.7 Å². The number of hydrogen-bond donors (Lipinski definition) is 0. The van der Waals surface area contributed by atoms with Gasteiger partial charge in [0.15, 0.2) is 23.0 Å². The summed E-state index contributed by atoms with van der Waals surface area (Å²) < 4.78 is 32.6. The SMILES string of the molecule is COc1ccc([C@@H]2[C@@H](C(=O)OC(=O)c3ccccc3)[C@@H](C(=O)OC(=O)c3ccccc3)[C@@H]2c2ccc(OC)c(OC)c2)cc1OC. The number of carbonyl (C=O) groups excluding carboxylic acids is 4. The molecule has 4 aromatic rings. The highest BCUT2D eigenvalue weighted by molar-refractivity contribution is 6.02. The molecule has 0 saturated heterocycles. The van der Waals surface area contributed by atoms with Gasteiger partial charge in [0, 0.05) is 11.8 Å². The van der Waals surface area contributed by atoms with Crippen LogP contribution in [0.25, 0.3) is 0 Å². The first-order chi connectivity index (χ1) is 22.3. The molecule has 0 N–H and O–H groups in total. The summed E-state index contributed by atoms with van der Waals surface area (Å²) in [5, 5.41) is 0. The molecule has 1 aliphatic rings. The third-order valence-corrected chi connectivity index (χ3v) is 8.08. The maximum absolute atomic E-state index is 13.9. The number of rotatable bonds is 10. The molecule has 4 atom stereocenters. The van der Waals surface area contributed by atoms with Crippen molar-refractivity contribution in [2.75, 3.05) is 28.4 Å². The third-order valence-electron chi connectivity index (χ3n) is 8.08. The Hall–Kier alpha value is -5.64. The van der Waals surface area contributed by atoms with Crippen LogP contribution in [0.15, 0.2) is 97.1 Å². The smallest absolute Gasteiger partial charge is 0.345 e. The summed E-state index contributed by atoms with van der Waals surface area (Å²) in [7, 11) is 5.96. The lowest BCUT2D eigenvalue weighted by Gasteiger charge is -2.49. The number of methoxy groups -OCH3 is 4. The van der Waals surface area contributed by atoms with Crippen molar-refractivity contribution in [2.45, 2.75) is 11.8 Å². The van der Waals surface area contributed by atoms with E-state index in [1.54, 1.807) is 72.8 Å². The van der Waals surface area contributed by atoms with Crippen LogP contribution < -0.4 is 18.9 Å². The van der Waals surface area contributed by atoms with Crippen molar-refractivity contribution >= 4 is 23.9 Å². The monoisotopic (exact) mass is 624 g/mol. The second-order valence-electron chi connectivity index (χ2n) is 10.5. The first-order valence-corrected chi connectivity index (χ1v) is 14.4. The van der Waals surface area contributed by atoms with Crippen LogP contribution in [0.3, 0.4) is 0 Å². The number of esters is 4. The Morgan fingerprint density at radius 2 is 0.804 bits per heavy atom. The van der Waals surface area contributed by atoms with E-state index in [-0.39, 0.29) is 11.1 Å². The molecular weight excluding hydrogens is 592 g/mol. The van der Waals surface area contributed by atoms with Crippen LogP contribution in [0.4, 0.5) is 0 Å². The van der Waals surface area contributed by atoms with E-state index < -0.39 is 47.5 Å². The van der Waals surface area contributed by atoms with Crippen LogP contribution in [0.5, 0.6) is 23.0 Å². The van der Waals surface area contributed by atoms with E-state index in [4.69, 9.17) is 28.4 Å². The normalized spacial score (nSPS) is 18.3. The third kappa shape index (κ3) is 6.28. The molecule has 46 heavy (non-hydrogen) atoms. The van der Waals surface area contributed by atoms with Gasteiger partial charge in [0.05, 0.1) is 51.4 Å². The zero-order chi connectivity index (χ0) is 32.8. The molecule has 5 rings (SSSR count). The number of carbonyl (C=O) groups is 4. The van der Waals surface area contributed by atoms with Gasteiger partial charge in [-0.15, -0.1) is 0 Å². The van der Waals surface area contributed by atoms with Crippen molar-refractivity contribution in [1.82, 2.24) is 0 Å². The molecule has 0 amide bonds. The first-order valence-electron chi connectivity index (χ1n) is 14.4. The molecule has 1 fully saturated rings. The minimum Gasteiger partial charge on any atom is -0.493 e. The topological polar surface area (TPSA) is 124 Å². The van der Waals surface area contributed by atoms with E-state index in [1.807, 2.05) is 0 Å². The van der Waals surface area contributed by atoms with Gasteiger partial charge in [-0.1, -0.05) is 48.5 Å². The van der Waals surface area contributed by atoms with Gasteiger partial charge < -0.3 is 28.4 Å². The van der Waals surface area contributed by atoms with Gasteiger partial charge in [0.25, 0.3) is 0 Å². The summed E-state index contributed by atoms with van der Waals surface area (Å²) in [4.78, 5) is 53.8. The van der Waals surface area contributed by atoms with E-state index in [0.717, 1.165) is 0 Å². The van der Waals surface area contributed by atoms with E-state index in [0.29, 0.717) is 34.1 Å². The quantitative estimate of drug-likeness (QED) is 0.163. The van der Waals surface area contributed by atoms with Crippen LogP contribution >= 0.6 is 0 Å².